The van der Waals surface area contributed by atoms with Gasteiger partial charge in [-0.3, -0.25) is 58.3 Å². The van der Waals surface area contributed by atoms with Crippen LogP contribution >= 0.6 is 0 Å². The van der Waals surface area contributed by atoms with Gasteiger partial charge in [0.2, 0.25) is 23.6 Å². The molecule has 24 heteroatoms. The van der Waals surface area contributed by atoms with Crippen molar-refractivity contribution in [2.75, 3.05) is 0 Å². The molecule has 4 aromatic carbocycles. The van der Waals surface area contributed by atoms with Gasteiger partial charge in [0.05, 0.1) is 71.6 Å². The Hall–Kier alpha value is -10.5. The molecular weight excluding hydrogens is 1450 g/mol. The number of aromatic amines is 4. The number of rotatable bonds is 18. The fraction of sp³-hybridized carbons (Fsp3) is 0.522. The number of hydrogen-bond donors (Lipinski definition) is 4. The van der Waals surface area contributed by atoms with Crippen LogP contribution in [0.15, 0.2) is 147 Å². The number of H-pyrrole nitrogens is 4. The summed E-state index contributed by atoms with van der Waals surface area (Å²) in [6, 6.07) is 29.3. The molecule has 2 saturated carbocycles. The van der Waals surface area contributed by atoms with Crippen LogP contribution < -0.4 is 0 Å². The second-order valence-electron chi connectivity index (χ2n) is 36.4. The summed E-state index contributed by atoms with van der Waals surface area (Å²) >= 11 is 0. The summed E-state index contributed by atoms with van der Waals surface area (Å²) in [6.07, 6.45) is 50.5. The van der Waals surface area contributed by atoms with Gasteiger partial charge in [-0.05, 0) is 185 Å². The molecule has 10 aliphatic rings. The highest BCUT2D eigenvalue weighted by Gasteiger charge is 2.53. The van der Waals surface area contributed by atoms with Gasteiger partial charge in [-0.2, -0.15) is 40.8 Å². The molecule has 8 aromatic heterocycles. The molecule has 4 amide bonds. The minimum atomic E-state index is 0.0822. The molecule has 12 aromatic rings. The van der Waals surface area contributed by atoms with Crippen LogP contribution in [0.4, 0.5) is 0 Å². The van der Waals surface area contributed by atoms with Crippen LogP contribution in [0.2, 0.25) is 0 Å². The second kappa shape index (κ2) is 32.5. The van der Waals surface area contributed by atoms with E-state index in [1.807, 2.05) is 88.2 Å². The normalized spacial score (nSPS) is 25.4. The predicted octanol–water partition coefficient (Wildman–Crippen LogP) is 16.5. The summed E-state index contributed by atoms with van der Waals surface area (Å²) < 4.78 is 8.57. The van der Waals surface area contributed by atoms with Gasteiger partial charge < -0.3 is 19.6 Å². The molecular formula is C92H112N20O4. The Labute approximate surface area is 677 Å². The van der Waals surface area contributed by atoms with E-state index in [1.54, 1.807) is 0 Å². The van der Waals surface area contributed by atoms with Crippen molar-refractivity contribution < 1.29 is 19.2 Å². The zero-order chi connectivity index (χ0) is 78.7. The van der Waals surface area contributed by atoms with Crippen molar-refractivity contribution in [3.63, 3.8) is 0 Å². The predicted molar refractivity (Wildman–Crippen MR) is 448 cm³/mol. The second-order valence-corrected chi connectivity index (χ2v) is 36.4. The molecule has 22 rings (SSSR count). The minimum Gasteiger partial charge on any atom is -0.336 e. The summed E-state index contributed by atoms with van der Waals surface area (Å²) in [6.45, 7) is 11.9. The monoisotopic (exact) mass is 1560 g/mol. The first-order valence-corrected chi connectivity index (χ1v) is 43.8. The number of hydrogen-bond acceptors (Lipinski definition) is 12. The number of benzene rings is 4. The van der Waals surface area contributed by atoms with Crippen molar-refractivity contribution >= 4 is 67.2 Å². The summed E-state index contributed by atoms with van der Waals surface area (Å²) in [5.41, 5.74) is 13.6. The number of aromatic nitrogens is 16. The molecule has 0 spiro atoms. The van der Waals surface area contributed by atoms with E-state index in [4.69, 9.17) is 10.2 Å². The Balaban J connectivity index is 0.000000103. The van der Waals surface area contributed by atoms with Gasteiger partial charge in [0.1, 0.15) is 0 Å². The lowest BCUT2D eigenvalue weighted by Crippen LogP contribution is -2.41. The summed E-state index contributed by atoms with van der Waals surface area (Å²) in [7, 11) is 0. The molecule has 8 bridgehead atoms. The van der Waals surface area contributed by atoms with Crippen molar-refractivity contribution in [2.45, 2.75) is 256 Å². The Morgan fingerprint density at radius 3 is 1.03 bits per heavy atom. The number of fused-ring (bicyclic) bond motifs is 12. The van der Waals surface area contributed by atoms with Crippen molar-refractivity contribution in [2.24, 2.45) is 47.3 Å². The van der Waals surface area contributed by atoms with Crippen LogP contribution in [0.25, 0.3) is 88.1 Å². The Kier molecular flexibility index (Phi) is 21.2. The minimum absolute atomic E-state index is 0.0822. The topological polar surface area (TPSA) is 267 Å². The highest BCUT2D eigenvalue weighted by atomic mass is 16.2. The van der Waals surface area contributed by atoms with Gasteiger partial charge in [0.15, 0.2) is 0 Å². The van der Waals surface area contributed by atoms with Crippen molar-refractivity contribution in [3.8, 4) is 44.5 Å². The SMILES string of the molecule is CC(C)C(=O)N1C2CCC1C(Cn1ncc3cc(-c4cn[nH]c4)ccc31)C2.CC(C)CC(=O)N1C2CCC1C(Cn1ncc3cc(-c4cn[nH]c4)ccc31)C2.O=C(C1CCCCC1)N1C2CCC1C(Cn1ncc3cc(-c4cn[nH]c4)ccc31)C2.O=C(CC1CCCCC1)N1C2CCC1C(Cn1ncc3cc(-c4cn[nH]c4)ccc31)C2. The average Bonchev–Trinajstić information content (AvgIpc) is 1.61. The summed E-state index contributed by atoms with van der Waals surface area (Å²) in [5, 5.41) is 51.0. The quantitative estimate of drug-likeness (QED) is 0.0625. The third kappa shape index (κ3) is 15.0. The maximum Gasteiger partial charge on any atom is 0.226 e. The molecule has 24 nitrogen and oxygen atoms in total. The molecule has 4 N–H and O–H groups in total. The van der Waals surface area contributed by atoms with Gasteiger partial charge >= 0.3 is 0 Å². The molecule has 12 atom stereocenters. The van der Waals surface area contributed by atoms with Crippen LogP contribution in [0.3, 0.4) is 0 Å². The van der Waals surface area contributed by atoms with Crippen molar-refractivity contribution in [1.29, 1.82) is 0 Å². The number of nitrogens with zero attached hydrogens (tertiary/aromatic N) is 16. The van der Waals surface area contributed by atoms with E-state index < -0.39 is 0 Å². The fourth-order valence-electron chi connectivity index (χ4n) is 22.9. The van der Waals surface area contributed by atoms with E-state index in [0.717, 1.165) is 180 Å². The van der Waals surface area contributed by atoms with E-state index in [2.05, 4.69) is 176 Å². The molecule has 12 unspecified atom stereocenters. The molecule has 604 valence electrons. The molecule has 10 fully saturated rings. The maximum absolute atomic E-state index is 13.3. The van der Waals surface area contributed by atoms with Gasteiger partial charge in [0, 0.05) is 191 Å². The van der Waals surface area contributed by atoms with Gasteiger partial charge in [-0.1, -0.05) is 90.5 Å². The largest absolute Gasteiger partial charge is 0.336 e. The molecule has 8 aliphatic heterocycles. The molecule has 16 heterocycles. The molecule has 8 saturated heterocycles. The highest BCUT2D eigenvalue weighted by molar-refractivity contribution is 5.88. The first kappa shape index (κ1) is 75.5. The van der Waals surface area contributed by atoms with Crippen LogP contribution in [0.5, 0.6) is 0 Å². The first-order valence-electron chi connectivity index (χ1n) is 43.8. The van der Waals surface area contributed by atoms with Gasteiger partial charge in [0.25, 0.3) is 0 Å². The highest BCUT2D eigenvalue weighted by Crippen LogP contribution is 2.49. The number of carbonyl (C=O) groups is 4. The number of amides is 4. The lowest BCUT2D eigenvalue weighted by atomic mass is 9.86. The van der Waals surface area contributed by atoms with E-state index in [-0.39, 0.29) is 11.8 Å². The third-order valence-corrected chi connectivity index (χ3v) is 28.5. The van der Waals surface area contributed by atoms with Gasteiger partial charge in [-0.25, -0.2) is 0 Å². The smallest absolute Gasteiger partial charge is 0.226 e. The van der Waals surface area contributed by atoms with Crippen molar-refractivity contribution in [1.82, 2.24) is 99.5 Å². The average molecular weight is 1560 g/mol. The Bertz CT molecular complexity index is 5410. The van der Waals surface area contributed by atoms with E-state index in [1.165, 1.54) is 81.7 Å². The Morgan fingerprint density at radius 1 is 0.362 bits per heavy atom. The third-order valence-electron chi connectivity index (χ3n) is 28.5. The zero-order valence-electron chi connectivity index (χ0n) is 67.7. The lowest BCUT2D eigenvalue weighted by molar-refractivity contribution is -0.138. The van der Waals surface area contributed by atoms with E-state index >= 15 is 0 Å². The van der Waals surface area contributed by atoms with E-state index in [9.17, 15) is 19.2 Å². The fourth-order valence-corrected chi connectivity index (χ4v) is 22.9. The van der Waals surface area contributed by atoms with Crippen LogP contribution in [-0.2, 0) is 45.4 Å². The summed E-state index contributed by atoms with van der Waals surface area (Å²) in [5.74, 6) is 5.01. The van der Waals surface area contributed by atoms with Gasteiger partial charge in [-0.15, -0.1) is 0 Å². The maximum atomic E-state index is 13.3. The summed E-state index contributed by atoms with van der Waals surface area (Å²) in [4.78, 5) is 60.8. The molecule has 2 aliphatic carbocycles. The van der Waals surface area contributed by atoms with E-state index in [0.29, 0.717) is 114 Å². The zero-order valence-corrected chi connectivity index (χ0v) is 67.7. The molecule has 0 radical (unpaired) electrons. The van der Waals surface area contributed by atoms with Crippen LogP contribution in [-0.4, -0.2) is 171 Å². The number of nitrogens with one attached hydrogen (secondary N) is 4. The lowest BCUT2D eigenvalue weighted by Gasteiger charge is -2.30. The standard InChI is InChI=1S/C25H31N5O.C24H29N5O.C22H27N5O.C21H25N5O/c31-25(10-17-4-2-1-3-5-17)30-22-7-9-24(30)20(12-22)16-29-23-8-6-18(11-19(23)15-28-29)21-13-26-27-14-21;30-24(16-4-2-1-3-5-16)29-21-7-9-23(29)19(11-21)15-28-22-8-6-17(10-18(22)14-27-28)20-12-25-26-13-20;1-14(2)7-22(28)27-19-4-6-21(27)17(9-19)13-26-20-5-3-15(8-16(20)12-25-26)18-10-23-24-11-18;1-13(2)21(27)26-18-4-6-20(26)16(8-18)12-25-19-5-3-14(7-15(19)11-24-25)17-9-22-23-10-17/h6,8,11,13-15,17,20,22,24H,1-5,7,9-10,12,16H2,(H,26,27);6,8,10,12-14,16,19,21,23H,1-5,7,9,11,15H2,(H,25,26);3,5,8,10-12,14,17,19,21H,4,6-7,9,13H2,1-2H3,(H,23,24);3,5,7,9-11,13,16,18,20H,4,6,8,12H2,1-2H3,(H,22,23). The van der Waals surface area contributed by atoms with Crippen LogP contribution in [0, 0.1) is 47.3 Å². The van der Waals surface area contributed by atoms with Crippen LogP contribution in [0.1, 0.15) is 182 Å². The van der Waals surface area contributed by atoms with Crippen molar-refractivity contribution in [3.05, 3.63) is 147 Å². The first-order chi connectivity index (χ1) is 56.7. The molecule has 116 heavy (non-hydrogen) atoms. The Morgan fingerprint density at radius 2 is 0.690 bits per heavy atom. The number of carbonyl (C=O) groups excluding carboxylic acids is 4.